The van der Waals surface area contributed by atoms with E-state index < -0.39 is 0 Å². The molecular weight excluding hydrogens is 330 g/mol. The van der Waals surface area contributed by atoms with Crippen LogP contribution in [0.25, 0.3) is 11.6 Å². The Kier molecular flexibility index (Phi) is 4.36. The minimum absolute atomic E-state index is 0.612. The number of morpholine rings is 1. The summed E-state index contributed by atoms with van der Waals surface area (Å²) in [7, 11) is 0. The summed E-state index contributed by atoms with van der Waals surface area (Å²) in [6, 6.07) is 4.44. The number of nitrogens with zero attached hydrogens (tertiary/aromatic N) is 4. The summed E-state index contributed by atoms with van der Waals surface area (Å²) in [6.45, 7) is 7.83. The summed E-state index contributed by atoms with van der Waals surface area (Å²) in [5.74, 6) is 2.56. The van der Waals surface area contributed by atoms with Gasteiger partial charge >= 0.3 is 0 Å². The van der Waals surface area contributed by atoms with E-state index >= 15 is 0 Å². The van der Waals surface area contributed by atoms with Crippen LogP contribution >= 0.6 is 0 Å². The van der Waals surface area contributed by atoms with Crippen LogP contribution in [0, 0.1) is 0 Å². The summed E-state index contributed by atoms with van der Waals surface area (Å²) in [5, 5.41) is 3.48. The molecule has 0 spiro atoms. The van der Waals surface area contributed by atoms with Crippen molar-refractivity contribution in [2.75, 3.05) is 57.4 Å². The molecule has 0 radical (unpaired) electrons. The lowest BCUT2D eigenvalue weighted by atomic mass is 10.0. The standard InChI is InChI=1S/C19H25N5O2/c1-2-17(26-9-1)18-21-16-4-6-20-5-3-15(16)19(22-18)24-12-14(13-24)23-7-10-25-11-8-23/h1-2,9,14,20H,3-8,10-13H2. The van der Waals surface area contributed by atoms with Crippen LogP contribution in [0.1, 0.15) is 11.3 Å². The highest BCUT2D eigenvalue weighted by molar-refractivity contribution is 5.58. The van der Waals surface area contributed by atoms with E-state index in [0.29, 0.717) is 11.9 Å². The van der Waals surface area contributed by atoms with Crippen molar-refractivity contribution in [3.63, 3.8) is 0 Å². The lowest BCUT2D eigenvalue weighted by molar-refractivity contribution is 0.0104. The second kappa shape index (κ2) is 6.98. The molecule has 0 bridgehead atoms. The molecule has 0 amide bonds. The lowest BCUT2D eigenvalue weighted by Crippen LogP contribution is -2.62. The minimum Gasteiger partial charge on any atom is -0.461 e. The maximum absolute atomic E-state index is 5.56. The Morgan fingerprint density at radius 1 is 1.08 bits per heavy atom. The van der Waals surface area contributed by atoms with Crippen LogP contribution < -0.4 is 10.2 Å². The third kappa shape index (κ3) is 3.00. The molecule has 0 aromatic carbocycles. The van der Waals surface area contributed by atoms with Gasteiger partial charge in [0.2, 0.25) is 0 Å². The van der Waals surface area contributed by atoms with Crippen molar-refractivity contribution in [2.45, 2.75) is 18.9 Å². The number of anilines is 1. The molecule has 2 aromatic heterocycles. The van der Waals surface area contributed by atoms with Crippen LogP contribution in [-0.4, -0.2) is 73.4 Å². The Morgan fingerprint density at radius 2 is 1.92 bits per heavy atom. The summed E-state index contributed by atoms with van der Waals surface area (Å²) in [4.78, 5) is 14.7. The zero-order chi connectivity index (χ0) is 17.3. The Labute approximate surface area is 153 Å². The summed E-state index contributed by atoms with van der Waals surface area (Å²) in [6.07, 6.45) is 3.62. The maximum atomic E-state index is 5.56. The molecule has 5 heterocycles. The van der Waals surface area contributed by atoms with Gasteiger partial charge in [-0.1, -0.05) is 0 Å². The van der Waals surface area contributed by atoms with E-state index in [0.717, 1.165) is 76.9 Å². The highest BCUT2D eigenvalue weighted by atomic mass is 16.5. The monoisotopic (exact) mass is 355 g/mol. The average Bonchev–Trinajstić information content (AvgIpc) is 3.07. The second-order valence-corrected chi connectivity index (χ2v) is 7.23. The van der Waals surface area contributed by atoms with Gasteiger partial charge in [0.1, 0.15) is 5.82 Å². The van der Waals surface area contributed by atoms with E-state index in [2.05, 4.69) is 15.1 Å². The Balaban J connectivity index is 1.43. The molecule has 138 valence electrons. The highest BCUT2D eigenvalue weighted by Crippen LogP contribution is 2.31. The molecule has 7 nitrogen and oxygen atoms in total. The molecule has 0 saturated carbocycles. The summed E-state index contributed by atoms with van der Waals surface area (Å²) in [5.41, 5.74) is 2.48. The van der Waals surface area contributed by atoms with Gasteiger partial charge in [0.25, 0.3) is 0 Å². The van der Waals surface area contributed by atoms with Gasteiger partial charge < -0.3 is 19.4 Å². The van der Waals surface area contributed by atoms with Crippen molar-refractivity contribution in [1.29, 1.82) is 0 Å². The normalized spacial score (nSPS) is 21.9. The van der Waals surface area contributed by atoms with Crippen molar-refractivity contribution in [2.24, 2.45) is 0 Å². The summed E-state index contributed by atoms with van der Waals surface area (Å²) < 4.78 is 11.0. The van der Waals surface area contributed by atoms with Gasteiger partial charge in [0, 0.05) is 50.7 Å². The maximum Gasteiger partial charge on any atom is 0.197 e. The quantitative estimate of drug-likeness (QED) is 0.879. The van der Waals surface area contributed by atoms with E-state index in [1.807, 2.05) is 12.1 Å². The third-order valence-corrected chi connectivity index (χ3v) is 5.63. The number of nitrogens with one attached hydrogen (secondary N) is 1. The number of ether oxygens (including phenoxy) is 1. The van der Waals surface area contributed by atoms with Crippen molar-refractivity contribution < 1.29 is 9.15 Å². The number of hydrogen-bond acceptors (Lipinski definition) is 7. The predicted molar refractivity (Wildman–Crippen MR) is 98.4 cm³/mol. The van der Waals surface area contributed by atoms with E-state index in [1.54, 1.807) is 6.26 Å². The lowest BCUT2D eigenvalue weighted by Gasteiger charge is -2.47. The molecule has 0 atom stereocenters. The molecule has 5 rings (SSSR count). The fourth-order valence-corrected chi connectivity index (χ4v) is 4.10. The molecular formula is C19H25N5O2. The smallest absolute Gasteiger partial charge is 0.197 e. The molecule has 3 aliphatic rings. The first-order valence-corrected chi connectivity index (χ1v) is 9.59. The average molecular weight is 355 g/mol. The van der Waals surface area contributed by atoms with Crippen molar-refractivity contribution in [1.82, 2.24) is 20.2 Å². The van der Waals surface area contributed by atoms with Gasteiger partial charge in [0.15, 0.2) is 11.6 Å². The van der Waals surface area contributed by atoms with Gasteiger partial charge in [-0.25, -0.2) is 9.97 Å². The fraction of sp³-hybridized carbons (Fsp3) is 0.579. The van der Waals surface area contributed by atoms with Gasteiger partial charge in [-0.2, -0.15) is 0 Å². The molecule has 2 fully saturated rings. The van der Waals surface area contributed by atoms with Crippen molar-refractivity contribution in [3.8, 4) is 11.6 Å². The molecule has 2 saturated heterocycles. The first-order chi connectivity index (χ1) is 12.9. The number of furan rings is 1. The molecule has 1 N–H and O–H groups in total. The van der Waals surface area contributed by atoms with Gasteiger partial charge in [0.05, 0.1) is 25.2 Å². The van der Waals surface area contributed by atoms with Gasteiger partial charge in [-0.3, -0.25) is 4.90 Å². The van der Waals surface area contributed by atoms with Crippen molar-refractivity contribution >= 4 is 5.82 Å². The zero-order valence-corrected chi connectivity index (χ0v) is 15.0. The Morgan fingerprint density at radius 3 is 2.73 bits per heavy atom. The first-order valence-electron chi connectivity index (χ1n) is 9.59. The number of fused-ring (bicyclic) bond motifs is 1. The molecule has 3 aliphatic heterocycles. The minimum atomic E-state index is 0.612. The number of aromatic nitrogens is 2. The Bertz CT molecular complexity index is 752. The van der Waals surface area contributed by atoms with Crippen LogP contribution in [0.3, 0.4) is 0 Å². The van der Waals surface area contributed by atoms with E-state index in [9.17, 15) is 0 Å². The van der Waals surface area contributed by atoms with Crippen LogP contribution in [0.15, 0.2) is 22.8 Å². The van der Waals surface area contributed by atoms with E-state index in [1.165, 1.54) is 11.3 Å². The largest absolute Gasteiger partial charge is 0.461 e. The van der Waals surface area contributed by atoms with Crippen LogP contribution in [0.5, 0.6) is 0 Å². The van der Waals surface area contributed by atoms with Gasteiger partial charge in [-0.05, 0) is 25.1 Å². The number of hydrogen-bond donors (Lipinski definition) is 1. The molecule has 2 aromatic rings. The summed E-state index contributed by atoms with van der Waals surface area (Å²) >= 11 is 0. The van der Waals surface area contributed by atoms with Crippen LogP contribution in [0.2, 0.25) is 0 Å². The first kappa shape index (κ1) is 16.2. The van der Waals surface area contributed by atoms with Crippen LogP contribution in [-0.2, 0) is 17.6 Å². The topological polar surface area (TPSA) is 66.7 Å². The molecule has 26 heavy (non-hydrogen) atoms. The van der Waals surface area contributed by atoms with Crippen molar-refractivity contribution in [3.05, 3.63) is 29.7 Å². The highest BCUT2D eigenvalue weighted by Gasteiger charge is 2.35. The third-order valence-electron chi connectivity index (χ3n) is 5.63. The van der Waals surface area contributed by atoms with E-state index in [4.69, 9.17) is 19.1 Å². The molecule has 7 heteroatoms. The fourth-order valence-electron chi connectivity index (χ4n) is 4.10. The molecule has 0 unspecified atom stereocenters. The molecule has 0 aliphatic carbocycles. The predicted octanol–water partition coefficient (Wildman–Crippen LogP) is 0.946. The second-order valence-electron chi connectivity index (χ2n) is 7.23. The van der Waals surface area contributed by atoms with Crippen LogP contribution in [0.4, 0.5) is 5.82 Å². The Hall–Kier alpha value is -1.96. The number of rotatable bonds is 3. The van der Waals surface area contributed by atoms with Gasteiger partial charge in [-0.15, -0.1) is 0 Å². The zero-order valence-electron chi connectivity index (χ0n) is 15.0. The van der Waals surface area contributed by atoms with E-state index in [-0.39, 0.29) is 0 Å². The SMILES string of the molecule is c1coc(-c2nc3c(c(N4CC(N5CCOCC5)C4)n2)CCNCC3)c1.